The molecule has 0 spiro atoms. The topological polar surface area (TPSA) is 89.6 Å². The van der Waals surface area contributed by atoms with E-state index in [1.165, 1.54) is 19.3 Å². The van der Waals surface area contributed by atoms with Crippen molar-refractivity contribution in [1.29, 1.82) is 0 Å². The van der Waals surface area contributed by atoms with Crippen molar-refractivity contribution in [3.63, 3.8) is 0 Å². The first kappa shape index (κ1) is 23.8. The maximum absolute atomic E-state index is 13.3. The fourth-order valence-corrected chi connectivity index (χ4v) is 7.59. The highest BCUT2D eigenvalue weighted by molar-refractivity contribution is 6.07. The van der Waals surface area contributed by atoms with Gasteiger partial charge in [0.25, 0.3) is 5.91 Å². The molecule has 192 valence electrons. The van der Waals surface area contributed by atoms with Gasteiger partial charge in [0.15, 0.2) is 11.5 Å². The summed E-state index contributed by atoms with van der Waals surface area (Å²) in [5.41, 5.74) is 8.09. The minimum absolute atomic E-state index is 0.103. The molecule has 7 nitrogen and oxygen atoms in total. The van der Waals surface area contributed by atoms with Crippen LogP contribution in [0.3, 0.4) is 0 Å². The largest absolute Gasteiger partial charge is 0.493 e. The number of rotatable bonds is 6. The molecule has 4 fully saturated rings. The molecule has 3 aromatic rings. The Bertz CT molecular complexity index is 1330. The summed E-state index contributed by atoms with van der Waals surface area (Å²) in [5.74, 6) is 3.09. The van der Waals surface area contributed by atoms with E-state index in [-0.39, 0.29) is 17.2 Å². The van der Waals surface area contributed by atoms with Gasteiger partial charge in [-0.3, -0.25) is 20.4 Å². The molecule has 0 saturated heterocycles. The van der Waals surface area contributed by atoms with Crippen LogP contribution in [0.5, 0.6) is 11.5 Å². The Balaban J connectivity index is 1.21. The molecule has 4 saturated carbocycles. The van der Waals surface area contributed by atoms with Gasteiger partial charge in [-0.15, -0.1) is 0 Å². The quantitative estimate of drug-likeness (QED) is 0.450. The number of carbonyl (C=O) groups is 2. The van der Waals surface area contributed by atoms with Crippen LogP contribution in [-0.4, -0.2) is 31.0 Å². The highest BCUT2D eigenvalue weighted by Crippen LogP contribution is 2.61. The molecule has 0 unspecified atom stereocenters. The lowest BCUT2D eigenvalue weighted by Crippen LogP contribution is -2.50. The molecule has 4 aliphatic rings. The molecule has 4 aliphatic carbocycles. The maximum atomic E-state index is 13.3. The molecule has 37 heavy (non-hydrogen) atoms. The molecule has 2 N–H and O–H groups in total. The number of aromatic nitrogens is 1. The summed E-state index contributed by atoms with van der Waals surface area (Å²) in [6.45, 7) is 0. The van der Waals surface area contributed by atoms with Gasteiger partial charge >= 0.3 is 0 Å². The van der Waals surface area contributed by atoms with E-state index in [1.807, 2.05) is 42.5 Å². The predicted molar refractivity (Wildman–Crippen MR) is 141 cm³/mol. The van der Waals surface area contributed by atoms with Gasteiger partial charge in [0.05, 0.1) is 31.0 Å². The normalized spacial score (nSPS) is 25.6. The van der Waals surface area contributed by atoms with E-state index in [9.17, 15) is 9.59 Å². The third kappa shape index (κ3) is 4.52. The Morgan fingerprint density at radius 1 is 0.892 bits per heavy atom. The number of hydrogen-bond donors (Lipinski definition) is 2. The van der Waals surface area contributed by atoms with Gasteiger partial charge in [-0.1, -0.05) is 18.2 Å². The van der Waals surface area contributed by atoms with Crippen LogP contribution in [-0.2, 0) is 4.79 Å². The van der Waals surface area contributed by atoms with Gasteiger partial charge in [0.2, 0.25) is 5.91 Å². The SMILES string of the molecule is COc1ccc(-c2cc(C(=O)NNC(=O)CC34CC5CC(CC(C5)C3)C4)c3ccccc3n2)cc1OC. The standard InChI is InChI=1S/C30H33N3O4/c1-36-26-8-7-21(12-27(26)37-2)25-13-23(22-5-3-4-6-24(22)31-25)29(35)33-32-28(34)17-30-14-18-9-19(15-30)11-20(10-18)16-30/h3-8,12-13,18-20H,9-11,14-17H2,1-2H3,(H,32,34)(H,33,35). The van der Waals surface area contributed by atoms with Gasteiger partial charge in [-0.05, 0) is 92.0 Å². The third-order valence-electron chi connectivity index (χ3n) is 8.66. The number of hydrogen-bond acceptors (Lipinski definition) is 5. The smallest absolute Gasteiger partial charge is 0.270 e. The summed E-state index contributed by atoms with van der Waals surface area (Å²) in [6.07, 6.45) is 7.99. The molecule has 1 aromatic heterocycles. The molecular formula is C30H33N3O4. The summed E-state index contributed by atoms with van der Waals surface area (Å²) < 4.78 is 10.8. The Morgan fingerprint density at radius 3 is 2.24 bits per heavy atom. The number of fused-ring (bicyclic) bond motifs is 1. The van der Waals surface area contributed by atoms with Crippen LogP contribution in [0.15, 0.2) is 48.5 Å². The second-order valence-corrected chi connectivity index (χ2v) is 11.2. The number of para-hydroxylation sites is 1. The number of hydrazine groups is 1. The Kier molecular flexibility index (Phi) is 6.01. The van der Waals surface area contributed by atoms with Crippen molar-refractivity contribution in [2.24, 2.45) is 23.2 Å². The zero-order chi connectivity index (χ0) is 25.6. The van der Waals surface area contributed by atoms with E-state index in [1.54, 1.807) is 20.3 Å². The zero-order valence-electron chi connectivity index (χ0n) is 21.4. The number of benzene rings is 2. The average molecular weight is 500 g/mol. The first-order valence-electron chi connectivity index (χ1n) is 13.2. The summed E-state index contributed by atoms with van der Waals surface area (Å²) in [7, 11) is 3.17. The molecule has 2 aromatic carbocycles. The second kappa shape index (κ2) is 9.36. The van der Waals surface area contributed by atoms with Crippen LogP contribution in [0, 0.1) is 23.2 Å². The monoisotopic (exact) mass is 499 g/mol. The van der Waals surface area contributed by atoms with Crippen LogP contribution in [0.2, 0.25) is 0 Å². The Hall–Kier alpha value is -3.61. The Labute approximate surface area is 216 Å². The van der Waals surface area contributed by atoms with E-state index in [2.05, 4.69) is 10.9 Å². The van der Waals surface area contributed by atoms with Gasteiger partial charge in [0.1, 0.15) is 0 Å². The van der Waals surface area contributed by atoms with Gasteiger partial charge in [0, 0.05) is 17.4 Å². The molecule has 4 bridgehead atoms. The predicted octanol–water partition coefficient (Wildman–Crippen LogP) is 5.29. The highest BCUT2D eigenvalue weighted by Gasteiger charge is 2.51. The molecule has 7 rings (SSSR count). The molecule has 1 heterocycles. The van der Waals surface area contributed by atoms with Crippen LogP contribution in [0.4, 0.5) is 0 Å². The number of nitrogens with zero attached hydrogens (tertiary/aromatic N) is 1. The van der Waals surface area contributed by atoms with Gasteiger partial charge in [-0.2, -0.15) is 0 Å². The lowest BCUT2D eigenvalue weighted by molar-refractivity contribution is -0.130. The van der Waals surface area contributed by atoms with Crippen molar-refractivity contribution in [3.8, 4) is 22.8 Å². The number of methoxy groups -OCH3 is 2. The number of carbonyl (C=O) groups excluding carboxylic acids is 2. The average Bonchev–Trinajstić information content (AvgIpc) is 2.89. The van der Waals surface area contributed by atoms with E-state index < -0.39 is 0 Å². The lowest BCUT2D eigenvalue weighted by Gasteiger charge is -2.56. The summed E-state index contributed by atoms with van der Waals surface area (Å²) >= 11 is 0. The molecule has 7 heteroatoms. The van der Waals surface area contributed by atoms with Crippen molar-refractivity contribution in [1.82, 2.24) is 15.8 Å². The fraction of sp³-hybridized carbons (Fsp3) is 0.433. The van der Waals surface area contributed by atoms with E-state index in [0.717, 1.165) is 48.0 Å². The minimum Gasteiger partial charge on any atom is -0.493 e. The number of pyridine rings is 1. The van der Waals surface area contributed by atoms with Gasteiger partial charge < -0.3 is 9.47 Å². The minimum atomic E-state index is -0.362. The van der Waals surface area contributed by atoms with Crippen LogP contribution in [0.1, 0.15) is 55.3 Å². The number of nitrogens with one attached hydrogen (secondary N) is 2. The third-order valence-corrected chi connectivity index (χ3v) is 8.66. The molecule has 2 amide bonds. The molecule has 0 aliphatic heterocycles. The van der Waals surface area contributed by atoms with Crippen molar-refractivity contribution < 1.29 is 19.1 Å². The van der Waals surface area contributed by atoms with Crippen molar-refractivity contribution in [3.05, 3.63) is 54.1 Å². The molecule has 0 atom stereocenters. The second-order valence-electron chi connectivity index (χ2n) is 11.2. The summed E-state index contributed by atoms with van der Waals surface area (Å²) in [5, 5.41) is 0.722. The van der Waals surface area contributed by atoms with Crippen molar-refractivity contribution in [2.45, 2.75) is 44.9 Å². The Morgan fingerprint density at radius 2 is 1.57 bits per heavy atom. The first-order chi connectivity index (χ1) is 17.9. The van der Waals surface area contributed by atoms with Crippen molar-refractivity contribution in [2.75, 3.05) is 14.2 Å². The first-order valence-corrected chi connectivity index (χ1v) is 13.2. The maximum Gasteiger partial charge on any atom is 0.270 e. The van der Waals surface area contributed by atoms with Crippen LogP contribution in [0.25, 0.3) is 22.2 Å². The number of amides is 2. The fourth-order valence-electron chi connectivity index (χ4n) is 7.59. The van der Waals surface area contributed by atoms with Crippen molar-refractivity contribution >= 4 is 22.7 Å². The molecule has 0 radical (unpaired) electrons. The zero-order valence-corrected chi connectivity index (χ0v) is 21.4. The van der Waals surface area contributed by atoms with E-state index >= 15 is 0 Å². The summed E-state index contributed by atoms with van der Waals surface area (Å²) in [6, 6.07) is 14.8. The van der Waals surface area contributed by atoms with Gasteiger partial charge in [-0.25, -0.2) is 4.98 Å². The van der Waals surface area contributed by atoms with Crippen LogP contribution < -0.4 is 20.3 Å². The van der Waals surface area contributed by atoms with E-state index in [0.29, 0.717) is 34.7 Å². The lowest BCUT2D eigenvalue weighted by atomic mass is 9.49. The summed E-state index contributed by atoms with van der Waals surface area (Å²) in [4.78, 5) is 31.1. The highest BCUT2D eigenvalue weighted by atomic mass is 16.5. The van der Waals surface area contributed by atoms with E-state index in [4.69, 9.17) is 14.5 Å². The molecular weight excluding hydrogens is 466 g/mol. The van der Waals surface area contributed by atoms with Crippen LogP contribution >= 0.6 is 0 Å². The number of ether oxygens (including phenoxy) is 2.